The third kappa shape index (κ3) is 3.82. The number of nitrogens with zero attached hydrogens (tertiary/aromatic N) is 2. The van der Waals surface area contributed by atoms with Crippen LogP contribution in [0.4, 0.5) is 5.69 Å². The van der Waals surface area contributed by atoms with Gasteiger partial charge in [0.15, 0.2) is 0 Å². The summed E-state index contributed by atoms with van der Waals surface area (Å²) in [5.74, 6) is 1.53. The van der Waals surface area contributed by atoms with Crippen molar-refractivity contribution in [3.63, 3.8) is 0 Å². The molecule has 6 heteroatoms. The molecule has 0 amide bonds. The summed E-state index contributed by atoms with van der Waals surface area (Å²) in [6.45, 7) is 3.33. The fourth-order valence-corrected chi connectivity index (χ4v) is 3.08. The largest absolute Gasteiger partial charge is 0.394 e. The highest BCUT2D eigenvalue weighted by Crippen LogP contribution is 2.28. The molecule has 5 nitrogen and oxygen atoms in total. The van der Waals surface area contributed by atoms with Gasteiger partial charge in [0.2, 0.25) is 0 Å². The fourth-order valence-electron chi connectivity index (χ4n) is 2.63. The van der Waals surface area contributed by atoms with Gasteiger partial charge in [-0.2, -0.15) is 5.10 Å². The molecule has 0 bridgehead atoms. The van der Waals surface area contributed by atoms with Gasteiger partial charge in [0.1, 0.15) is 4.47 Å². The van der Waals surface area contributed by atoms with Crippen molar-refractivity contribution in [2.45, 2.75) is 39.2 Å². The number of nitrogens with one attached hydrogen (secondary N) is 1. The summed E-state index contributed by atoms with van der Waals surface area (Å²) in [6.07, 6.45) is 6.74. The number of rotatable bonds is 5. The van der Waals surface area contributed by atoms with Crippen molar-refractivity contribution in [2.24, 2.45) is 11.8 Å². The number of anilines is 1. The Bertz CT molecular complexity index is 496. The second kappa shape index (κ2) is 7.22. The van der Waals surface area contributed by atoms with Crippen LogP contribution >= 0.6 is 15.9 Å². The Morgan fingerprint density at radius 2 is 2.15 bits per heavy atom. The molecule has 0 saturated heterocycles. The molecular weight excluding hydrogens is 322 g/mol. The van der Waals surface area contributed by atoms with Crippen LogP contribution in [0.5, 0.6) is 0 Å². The van der Waals surface area contributed by atoms with Crippen LogP contribution in [0.2, 0.25) is 0 Å². The van der Waals surface area contributed by atoms with E-state index in [1.165, 1.54) is 30.4 Å². The Balaban J connectivity index is 1.96. The molecule has 20 heavy (non-hydrogen) atoms. The SMILES string of the molecule is CC1CCC(CNc2cnn(CCO)c(=O)c2Br)CC1. The topological polar surface area (TPSA) is 67.2 Å². The van der Waals surface area contributed by atoms with Gasteiger partial charge in [-0.05, 0) is 40.6 Å². The van der Waals surface area contributed by atoms with Crippen LogP contribution in [0.15, 0.2) is 15.5 Å². The summed E-state index contributed by atoms with van der Waals surface area (Å²) in [6, 6.07) is 0. The lowest BCUT2D eigenvalue weighted by Gasteiger charge is -2.26. The van der Waals surface area contributed by atoms with Gasteiger partial charge in [0, 0.05) is 6.54 Å². The maximum Gasteiger partial charge on any atom is 0.283 e. The molecule has 112 valence electrons. The van der Waals surface area contributed by atoms with Gasteiger partial charge in [0.05, 0.1) is 25.0 Å². The number of aromatic nitrogens is 2. The summed E-state index contributed by atoms with van der Waals surface area (Å²) < 4.78 is 1.75. The minimum absolute atomic E-state index is 0.0909. The number of aliphatic hydroxyl groups excluding tert-OH is 1. The van der Waals surface area contributed by atoms with E-state index in [-0.39, 0.29) is 18.7 Å². The molecule has 1 aliphatic rings. The normalized spacial score (nSPS) is 22.8. The van der Waals surface area contributed by atoms with Gasteiger partial charge in [-0.1, -0.05) is 19.8 Å². The van der Waals surface area contributed by atoms with E-state index in [0.717, 1.165) is 18.2 Å². The lowest BCUT2D eigenvalue weighted by Crippen LogP contribution is -2.27. The van der Waals surface area contributed by atoms with Gasteiger partial charge >= 0.3 is 0 Å². The Kier molecular flexibility index (Phi) is 5.60. The fraction of sp³-hybridized carbons (Fsp3) is 0.714. The van der Waals surface area contributed by atoms with E-state index in [1.807, 2.05) is 0 Å². The first-order valence-electron chi connectivity index (χ1n) is 7.22. The van der Waals surface area contributed by atoms with Crippen molar-refractivity contribution in [3.05, 3.63) is 21.0 Å². The molecule has 2 N–H and O–H groups in total. The third-order valence-electron chi connectivity index (χ3n) is 4.01. The van der Waals surface area contributed by atoms with E-state index >= 15 is 0 Å². The Morgan fingerprint density at radius 3 is 2.80 bits per heavy atom. The third-order valence-corrected chi connectivity index (χ3v) is 4.78. The van der Waals surface area contributed by atoms with E-state index in [1.54, 1.807) is 6.20 Å². The maximum atomic E-state index is 12.0. The molecule has 0 unspecified atom stereocenters. The molecule has 1 heterocycles. The first-order chi connectivity index (χ1) is 9.61. The zero-order valence-electron chi connectivity index (χ0n) is 11.8. The van der Waals surface area contributed by atoms with E-state index in [9.17, 15) is 4.79 Å². The van der Waals surface area contributed by atoms with E-state index in [0.29, 0.717) is 10.4 Å². The number of halogens is 1. The molecule has 1 fully saturated rings. The van der Waals surface area contributed by atoms with E-state index in [2.05, 4.69) is 33.3 Å². The molecule has 0 aromatic carbocycles. The maximum absolute atomic E-state index is 12.0. The van der Waals surface area contributed by atoms with Crippen molar-refractivity contribution in [3.8, 4) is 0 Å². The molecule has 1 saturated carbocycles. The van der Waals surface area contributed by atoms with Crippen LogP contribution in [0, 0.1) is 11.8 Å². The molecule has 0 atom stereocenters. The second-order valence-electron chi connectivity index (χ2n) is 5.63. The van der Waals surface area contributed by atoms with Crippen LogP contribution in [0.3, 0.4) is 0 Å². The molecule has 1 aromatic heterocycles. The van der Waals surface area contributed by atoms with Crippen molar-refractivity contribution in [1.29, 1.82) is 0 Å². The number of aliphatic hydroxyl groups is 1. The molecule has 0 aliphatic heterocycles. The predicted molar refractivity (Wildman–Crippen MR) is 82.9 cm³/mol. The molecule has 2 rings (SSSR count). The van der Waals surface area contributed by atoms with Crippen LogP contribution in [-0.2, 0) is 6.54 Å². The monoisotopic (exact) mass is 343 g/mol. The van der Waals surface area contributed by atoms with Crippen molar-refractivity contribution in [2.75, 3.05) is 18.5 Å². The highest BCUT2D eigenvalue weighted by Gasteiger charge is 2.18. The minimum atomic E-state index is -0.207. The summed E-state index contributed by atoms with van der Waals surface area (Å²) in [4.78, 5) is 12.0. The summed E-state index contributed by atoms with van der Waals surface area (Å²) in [7, 11) is 0. The highest BCUT2D eigenvalue weighted by molar-refractivity contribution is 9.10. The van der Waals surface area contributed by atoms with Gasteiger partial charge < -0.3 is 10.4 Å². The molecule has 0 radical (unpaired) electrons. The molecule has 1 aromatic rings. The standard InChI is InChI=1S/C14H22BrN3O2/c1-10-2-4-11(5-3-10)8-16-12-9-17-18(6-7-19)14(20)13(12)15/h9-11,16,19H,2-8H2,1H3. The van der Waals surface area contributed by atoms with Gasteiger partial charge in [-0.25, -0.2) is 4.68 Å². The van der Waals surface area contributed by atoms with Gasteiger partial charge in [0.25, 0.3) is 5.56 Å². The lowest BCUT2D eigenvalue weighted by molar-refractivity contribution is 0.266. The number of hydrogen-bond donors (Lipinski definition) is 2. The smallest absolute Gasteiger partial charge is 0.283 e. The summed E-state index contributed by atoms with van der Waals surface area (Å²) in [5, 5.41) is 16.2. The first kappa shape index (κ1) is 15.5. The van der Waals surface area contributed by atoms with Gasteiger partial charge in [-0.15, -0.1) is 0 Å². The van der Waals surface area contributed by atoms with Gasteiger partial charge in [-0.3, -0.25) is 4.79 Å². The van der Waals surface area contributed by atoms with Crippen molar-refractivity contribution in [1.82, 2.24) is 9.78 Å². The van der Waals surface area contributed by atoms with Crippen molar-refractivity contribution >= 4 is 21.6 Å². The Morgan fingerprint density at radius 1 is 1.45 bits per heavy atom. The second-order valence-corrected chi connectivity index (χ2v) is 6.42. The number of hydrogen-bond acceptors (Lipinski definition) is 4. The first-order valence-corrected chi connectivity index (χ1v) is 8.01. The zero-order valence-corrected chi connectivity index (χ0v) is 13.4. The van der Waals surface area contributed by atoms with E-state index in [4.69, 9.17) is 5.11 Å². The summed E-state index contributed by atoms with van der Waals surface area (Å²) in [5.41, 5.74) is 0.532. The molecular formula is C14H22BrN3O2. The van der Waals surface area contributed by atoms with Crippen LogP contribution in [-0.4, -0.2) is 28.0 Å². The average Bonchev–Trinajstić information content (AvgIpc) is 2.45. The Labute approximate surface area is 127 Å². The van der Waals surface area contributed by atoms with E-state index < -0.39 is 0 Å². The minimum Gasteiger partial charge on any atom is -0.394 e. The molecule has 0 spiro atoms. The van der Waals surface area contributed by atoms with Crippen LogP contribution in [0.1, 0.15) is 32.6 Å². The van der Waals surface area contributed by atoms with Crippen LogP contribution < -0.4 is 10.9 Å². The average molecular weight is 344 g/mol. The van der Waals surface area contributed by atoms with Crippen LogP contribution in [0.25, 0.3) is 0 Å². The quantitative estimate of drug-likeness (QED) is 0.860. The lowest BCUT2D eigenvalue weighted by atomic mass is 9.83. The Hall–Kier alpha value is -0.880. The molecule has 1 aliphatic carbocycles. The highest BCUT2D eigenvalue weighted by atomic mass is 79.9. The van der Waals surface area contributed by atoms with Crippen molar-refractivity contribution < 1.29 is 5.11 Å². The zero-order chi connectivity index (χ0) is 14.5. The predicted octanol–water partition coefficient (Wildman–Crippen LogP) is 2.24. The summed E-state index contributed by atoms with van der Waals surface area (Å²) >= 11 is 3.32.